The molecule has 1 fully saturated rings. The van der Waals surface area contributed by atoms with Gasteiger partial charge in [-0.1, -0.05) is 52.3 Å². The van der Waals surface area contributed by atoms with Gasteiger partial charge in [0, 0.05) is 11.5 Å². The van der Waals surface area contributed by atoms with Gasteiger partial charge in [-0.25, -0.2) is 14.6 Å². The van der Waals surface area contributed by atoms with Crippen LogP contribution in [0.5, 0.6) is 0 Å². The fourth-order valence-corrected chi connectivity index (χ4v) is 4.55. The van der Waals surface area contributed by atoms with E-state index in [0.29, 0.717) is 17.5 Å². The molecule has 170 valence electrons. The molecule has 0 bridgehead atoms. The molecule has 1 N–H and O–H groups in total. The van der Waals surface area contributed by atoms with Gasteiger partial charge in [-0.05, 0) is 51.0 Å². The second-order valence-corrected chi connectivity index (χ2v) is 11.0. The number of carbonyl (C=O) groups excluding carboxylic acids is 2. The molecule has 31 heavy (non-hydrogen) atoms. The molecule has 0 spiro atoms. The molecule has 1 aromatic carbocycles. The predicted octanol–water partition coefficient (Wildman–Crippen LogP) is 5.73. The molecule has 1 aromatic rings. The number of nitrogens with one attached hydrogen (secondary N) is 1. The van der Waals surface area contributed by atoms with Crippen molar-refractivity contribution in [2.75, 3.05) is 0 Å². The molecule has 3 rings (SSSR count). The van der Waals surface area contributed by atoms with Gasteiger partial charge in [-0.3, -0.25) is 0 Å². The summed E-state index contributed by atoms with van der Waals surface area (Å²) >= 11 is 0. The minimum atomic E-state index is -0.687. The highest BCUT2D eigenvalue weighted by atomic mass is 16.6. The summed E-state index contributed by atoms with van der Waals surface area (Å²) in [5.74, 6) is 0.277. The molecule has 3 unspecified atom stereocenters. The number of hydrogen-bond acceptors (Lipinski definition) is 5. The van der Waals surface area contributed by atoms with Gasteiger partial charge in [-0.2, -0.15) is 0 Å². The third kappa shape index (κ3) is 5.66. The topological polar surface area (TPSA) is 77.0 Å². The smallest absolute Gasteiger partial charge is 0.408 e. The number of esters is 1. The standard InChI is InChI=1S/C25H36N2O4/c1-15-12-13-17(24(2,3)4)19(14-15)30-23(29)27-20-16-10-8-9-11-18(16)26-21(20)22(28)31-25(5,6)7/h8-11,15,17,19-20H,12-14H2,1-7H3,(H,27,29)/t15?,17?,19-,20?/m1/s1. The largest absolute Gasteiger partial charge is 0.455 e. The first-order chi connectivity index (χ1) is 14.3. The van der Waals surface area contributed by atoms with Gasteiger partial charge >= 0.3 is 12.1 Å². The van der Waals surface area contributed by atoms with Crippen LogP contribution in [0.2, 0.25) is 0 Å². The fraction of sp³-hybridized carbons (Fsp3) is 0.640. The molecule has 0 saturated heterocycles. The van der Waals surface area contributed by atoms with E-state index in [1.54, 1.807) is 20.8 Å². The number of fused-ring (bicyclic) bond motifs is 1. The summed E-state index contributed by atoms with van der Waals surface area (Å²) in [7, 11) is 0. The van der Waals surface area contributed by atoms with E-state index in [4.69, 9.17) is 9.47 Å². The molecule has 1 aliphatic heterocycles. The number of hydrogen-bond donors (Lipinski definition) is 1. The first-order valence-electron chi connectivity index (χ1n) is 11.2. The van der Waals surface area contributed by atoms with Crippen molar-refractivity contribution in [1.82, 2.24) is 5.32 Å². The number of ether oxygens (including phenoxy) is 2. The Morgan fingerprint density at radius 1 is 1.06 bits per heavy atom. The highest BCUT2D eigenvalue weighted by Gasteiger charge is 2.40. The molecule has 1 aliphatic carbocycles. The minimum absolute atomic E-state index is 0.0498. The quantitative estimate of drug-likeness (QED) is 0.624. The van der Waals surface area contributed by atoms with Gasteiger partial charge in [0.25, 0.3) is 0 Å². The van der Waals surface area contributed by atoms with Crippen molar-refractivity contribution in [2.24, 2.45) is 22.2 Å². The highest BCUT2D eigenvalue weighted by Crippen LogP contribution is 2.42. The number of para-hydroxylation sites is 1. The summed E-state index contributed by atoms with van der Waals surface area (Å²) in [5, 5.41) is 2.89. The molecule has 0 radical (unpaired) electrons. The zero-order valence-corrected chi connectivity index (χ0v) is 19.8. The van der Waals surface area contributed by atoms with E-state index in [-0.39, 0.29) is 17.2 Å². The zero-order valence-electron chi connectivity index (χ0n) is 19.8. The second kappa shape index (κ2) is 8.64. The summed E-state index contributed by atoms with van der Waals surface area (Å²) in [6.07, 6.45) is 2.37. The maximum absolute atomic E-state index is 13.0. The summed E-state index contributed by atoms with van der Waals surface area (Å²) < 4.78 is 11.5. The van der Waals surface area contributed by atoms with Crippen LogP contribution in [-0.4, -0.2) is 29.5 Å². The Morgan fingerprint density at radius 3 is 2.39 bits per heavy atom. The molecule has 4 atom stereocenters. The van der Waals surface area contributed by atoms with Crippen LogP contribution in [0.3, 0.4) is 0 Å². The van der Waals surface area contributed by atoms with Crippen molar-refractivity contribution < 1.29 is 19.1 Å². The van der Waals surface area contributed by atoms with Gasteiger partial charge in [0.15, 0.2) is 5.71 Å². The Kier molecular flexibility index (Phi) is 6.49. The van der Waals surface area contributed by atoms with Crippen LogP contribution >= 0.6 is 0 Å². The Labute approximate surface area is 185 Å². The Bertz CT molecular complexity index is 863. The molecule has 1 saturated carbocycles. The van der Waals surface area contributed by atoms with Crippen LogP contribution in [0.25, 0.3) is 0 Å². The van der Waals surface area contributed by atoms with Crippen LogP contribution in [-0.2, 0) is 14.3 Å². The number of alkyl carbamates (subject to hydrolysis) is 1. The average molecular weight is 429 g/mol. The summed E-state index contributed by atoms with van der Waals surface area (Å²) in [6, 6.07) is 6.72. The summed E-state index contributed by atoms with van der Waals surface area (Å²) in [6.45, 7) is 14.2. The van der Waals surface area contributed by atoms with E-state index < -0.39 is 23.7 Å². The fourth-order valence-electron chi connectivity index (χ4n) is 4.55. The first kappa shape index (κ1) is 23.3. The minimum Gasteiger partial charge on any atom is -0.455 e. The summed E-state index contributed by atoms with van der Waals surface area (Å²) in [4.78, 5) is 30.2. The highest BCUT2D eigenvalue weighted by molar-refractivity contribution is 6.40. The lowest BCUT2D eigenvalue weighted by molar-refractivity contribution is -0.146. The predicted molar refractivity (Wildman–Crippen MR) is 121 cm³/mol. The normalized spacial score (nSPS) is 26.0. The number of amides is 1. The van der Waals surface area contributed by atoms with E-state index in [1.807, 2.05) is 24.3 Å². The molecule has 0 aromatic heterocycles. The third-order valence-electron chi connectivity index (χ3n) is 6.06. The molecule has 2 aliphatic rings. The molecule has 1 amide bonds. The lowest BCUT2D eigenvalue weighted by Gasteiger charge is -2.41. The van der Waals surface area contributed by atoms with Crippen LogP contribution < -0.4 is 5.32 Å². The van der Waals surface area contributed by atoms with E-state index >= 15 is 0 Å². The third-order valence-corrected chi connectivity index (χ3v) is 6.06. The monoisotopic (exact) mass is 428 g/mol. The number of nitrogens with zero attached hydrogens (tertiary/aromatic N) is 1. The Morgan fingerprint density at radius 2 is 1.74 bits per heavy atom. The molecule has 6 heteroatoms. The van der Waals surface area contributed by atoms with Gasteiger partial charge in [-0.15, -0.1) is 0 Å². The number of carbonyl (C=O) groups is 2. The van der Waals surface area contributed by atoms with Crippen molar-refractivity contribution in [2.45, 2.75) is 85.5 Å². The lowest BCUT2D eigenvalue weighted by atomic mass is 9.68. The molecular weight excluding hydrogens is 392 g/mol. The van der Waals surface area contributed by atoms with Crippen molar-refractivity contribution in [3.8, 4) is 0 Å². The molecule has 1 heterocycles. The van der Waals surface area contributed by atoms with E-state index in [2.05, 4.69) is 38.0 Å². The SMILES string of the molecule is CC1CCC(C(C)(C)C)[C@H](OC(=O)NC2C(C(=O)OC(C)(C)C)=Nc3ccccc32)C1. The van der Waals surface area contributed by atoms with Crippen LogP contribution in [0, 0.1) is 17.3 Å². The van der Waals surface area contributed by atoms with E-state index in [1.165, 1.54) is 0 Å². The number of benzene rings is 1. The van der Waals surface area contributed by atoms with E-state index in [9.17, 15) is 9.59 Å². The van der Waals surface area contributed by atoms with Crippen molar-refractivity contribution in [1.29, 1.82) is 0 Å². The van der Waals surface area contributed by atoms with Gasteiger partial charge < -0.3 is 14.8 Å². The first-order valence-corrected chi connectivity index (χ1v) is 11.2. The average Bonchev–Trinajstić information content (AvgIpc) is 2.98. The zero-order chi connectivity index (χ0) is 23.0. The Balaban J connectivity index is 1.77. The van der Waals surface area contributed by atoms with Gasteiger partial charge in [0.2, 0.25) is 0 Å². The molecule has 6 nitrogen and oxygen atoms in total. The van der Waals surface area contributed by atoms with E-state index in [0.717, 1.165) is 24.8 Å². The Hall–Kier alpha value is -2.37. The maximum Gasteiger partial charge on any atom is 0.408 e. The number of aliphatic imine (C=N–C) groups is 1. The van der Waals surface area contributed by atoms with Crippen LogP contribution in [0.4, 0.5) is 10.5 Å². The van der Waals surface area contributed by atoms with Gasteiger partial charge in [0.05, 0.1) is 5.69 Å². The summed E-state index contributed by atoms with van der Waals surface area (Å²) in [5.41, 5.74) is 1.00. The maximum atomic E-state index is 13.0. The lowest BCUT2D eigenvalue weighted by Crippen LogP contribution is -2.44. The second-order valence-electron chi connectivity index (χ2n) is 11.0. The molecular formula is C25H36N2O4. The number of rotatable bonds is 3. The van der Waals surface area contributed by atoms with Crippen molar-refractivity contribution in [3.63, 3.8) is 0 Å². The van der Waals surface area contributed by atoms with Gasteiger partial charge in [0.1, 0.15) is 17.7 Å². The van der Waals surface area contributed by atoms with Crippen LogP contribution in [0.15, 0.2) is 29.3 Å². The van der Waals surface area contributed by atoms with Crippen molar-refractivity contribution in [3.05, 3.63) is 29.8 Å². The van der Waals surface area contributed by atoms with Crippen molar-refractivity contribution >= 4 is 23.5 Å². The van der Waals surface area contributed by atoms with Crippen LogP contribution in [0.1, 0.15) is 79.3 Å².